The summed E-state index contributed by atoms with van der Waals surface area (Å²) >= 11 is 1.64. The summed E-state index contributed by atoms with van der Waals surface area (Å²) in [6, 6.07) is 4.39. The average Bonchev–Trinajstić information content (AvgIpc) is 3.12. The van der Waals surface area contributed by atoms with E-state index >= 15 is 0 Å². The van der Waals surface area contributed by atoms with Gasteiger partial charge in [-0.25, -0.2) is 4.68 Å². The van der Waals surface area contributed by atoms with Crippen LogP contribution in [0.1, 0.15) is 23.8 Å². The van der Waals surface area contributed by atoms with E-state index in [0.29, 0.717) is 12.5 Å². The molecule has 19 heavy (non-hydrogen) atoms. The Balaban J connectivity index is 1.54. The minimum absolute atomic E-state index is 0.236. The molecule has 3 rings (SSSR count). The van der Waals surface area contributed by atoms with Crippen molar-refractivity contribution in [2.24, 2.45) is 0 Å². The van der Waals surface area contributed by atoms with E-state index in [1.807, 2.05) is 33.3 Å². The van der Waals surface area contributed by atoms with Gasteiger partial charge < -0.3 is 4.90 Å². The van der Waals surface area contributed by atoms with Gasteiger partial charge >= 0.3 is 0 Å². The van der Waals surface area contributed by atoms with E-state index in [4.69, 9.17) is 0 Å². The SMILES string of the molecule is O=C(Cc1cccs1)N1CCC(n2ccnn2)CC1. The van der Waals surface area contributed by atoms with E-state index in [-0.39, 0.29) is 5.91 Å². The third-order valence-corrected chi connectivity index (χ3v) is 4.41. The minimum Gasteiger partial charge on any atom is -0.342 e. The molecular weight excluding hydrogens is 260 g/mol. The number of likely N-dealkylation sites (tertiary alicyclic amines) is 1. The molecule has 2 aromatic rings. The Kier molecular flexibility index (Phi) is 3.59. The third-order valence-electron chi connectivity index (χ3n) is 3.54. The second-order valence-electron chi connectivity index (χ2n) is 4.75. The predicted octanol–water partition coefficient (Wildman–Crippen LogP) is 1.75. The summed E-state index contributed by atoms with van der Waals surface area (Å²) in [6.07, 6.45) is 6.05. The molecule has 0 aromatic carbocycles. The number of amides is 1. The number of nitrogens with zero attached hydrogens (tertiary/aromatic N) is 4. The highest BCUT2D eigenvalue weighted by Crippen LogP contribution is 2.22. The van der Waals surface area contributed by atoms with Crippen LogP contribution in [0.25, 0.3) is 0 Å². The Bertz CT molecular complexity index is 515. The maximum atomic E-state index is 12.2. The number of piperidine rings is 1. The molecule has 1 aliphatic rings. The molecular formula is C13H16N4OS. The second-order valence-corrected chi connectivity index (χ2v) is 5.78. The summed E-state index contributed by atoms with van der Waals surface area (Å²) in [7, 11) is 0. The standard InChI is InChI=1S/C13H16N4OS/c18-13(10-12-2-1-9-19-12)16-6-3-11(4-7-16)17-8-5-14-15-17/h1-2,5,8-9,11H,3-4,6-7,10H2. The number of rotatable bonds is 3. The number of hydrogen-bond donors (Lipinski definition) is 0. The van der Waals surface area contributed by atoms with Crippen molar-refractivity contribution in [2.45, 2.75) is 25.3 Å². The van der Waals surface area contributed by atoms with E-state index < -0.39 is 0 Å². The molecule has 100 valence electrons. The van der Waals surface area contributed by atoms with Gasteiger partial charge in [-0.05, 0) is 24.3 Å². The van der Waals surface area contributed by atoms with Gasteiger partial charge in [-0.15, -0.1) is 16.4 Å². The third kappa shape index (κ3) is 2.84. The fourth-order valence-corrected chi connectivity index (χ4v) is 3.16. The molecule has 0 atom stereocenters. The first-order valence-corrected chi connectivity index (χ1v) is 7.37. The van der Waals surface area contributed by atoms with E-state index in [2.05, 4.69) is 10.3 Å². The highest BCUT2D eigenvalue weighted by molar-refractivity contribution is 7.10. The zero-order valence-corrected chi connectivity index (χ0v) is 11.4. The van der Waals surface area contributed by atoms with Crippen molar-refractivity contribution in [3.63, 3.8) is 0 Å². The highest BCUT2D eigenvalue weighted by Gasteiger charge is 2.24. The van der Waals surface area contributed by atoms with Crippen molar-refractivity contribution in [1.29, 1.82) is 0 Å². The van der Waals surface area contributed by atoms with Crippen LogP contribution in [-0.2, 0) is 11.2 Å². The van der Waals surface area contributed by atoms with Gasteiger partial charge in [0.15, 0.2) is 0 Å². The van der Waals surface area contributed by atoms with Gasteiger partial charge in [0.05, 0.1) is 18.7 Å². The molecule has 0 saturated carbocycles. The van der Waals surface area contributed by atoms with E-state index in [1.165, 1.54) is 0 Å². The Labute approximate surface area is 115 Å². The Morgan fingerprint density at radius 2 is 2.26 bits per heavy atom. The Morgan fingerprint density at radius 1 is 1.42 bits per heavy atom. The van der Waals surface area contributed by atoms with Crippen molar-refractivity contribution >= 4 is 17.2 Å². The summed E-state index contributed by atoms with van der Waals surface area (Å²) in [5, 5.41) is 9.88. The lowest BCUT2D eigenvalue weighted by Crippen LogP contribution is -2.39. The van der Waals surface area contributed by atoms with Gasteiger partial charge in [0.1, 0.15) is 0 Å². The van der Waals surface area contributed by atoms with Gasteiger partial charge in [-0.3, -0.25) is 4.79 Å². The van der Waals surface area contributed by atoms with Crippen LogP contribution < -0.4 is 0 Å². The van der Waals surface area contributed by atoms with Crippen LogP contribution in [0, 0.1) is 0 Å². The Morgan fingerprint density at radius 3 is 2.89 bits per heavy atom. The molecule has 0 radical (unpaired) electrons. The molecule has 0 N–H and O–H groups in total. The van der Waals surface area contributed by atoms with E-state index in [1.54, 1.807) is 17.5 Å². The maximum absolute atomic E-state index is 12.2. The smallest absolute Gasteiger partial charge is 0.227 e. The lowest BCUT2D eigenvalue weighted by Gasteiger charge is -2.31. The van der Waals surface area contributed by atoms with Gasteiger partial charge in [0, 0.05) is 24.2 Å². The summed E-state index contributed by atoms with van der Waals surface area (Å²) in [6.45, 7) is 1.63. The number of thiophene rings is 1. The molecule has 3 heterocycles. The largest absolute Gasteiger partial charge is 0.342 e. The number of aromatic nitrogens is 3. The zero-order chi connectivity index (χ0) is 13.1. The molecule has 1 amide bonds. The molecule has 1 saturated heterocycles. The molecule has 5 nitrogen and oxygen atoms in total. The fourth-order valence-electron chi connectivity index (χ4n) is 2.47. The summed E-state index contributed by atoms with van der Waals surface area (Å²) in [4.78, 5) is 15.3. The predicted molar refractivity (Wildman–Crippen MR) is 72.9 cm³/mol. The summed E-state index contributed by atoms with van der Waals surface area (Å²) < 4.78 is 1.90. The first kappa shape index (κ1) is 12.3. The minimum atomic E-state index is 0.236. The van der Waals surface area contributed by atoms with Gasteiger partial charge in [0.2, 0.25) is 5.91 Å². The zero-order valence-electron chi connectivity index (χ0n) is 10.6. The van der Waals surface area contributed by atoms with Gasteiger partial charge in [-0.1, -0.05) is 11.3 Å². The molecule has 6 heteroatoms. The maximum Gasteiger partial charge on any atom is 0.227 e. The quantitative estimate of drug-likeness (QED) is 0.858. The van der Waals surface area contributed by atoms with Crippen molar-refractivity contribution in [3.05, 3.63) is 34.8 Å². The lowest BCUT2D eigenvalue weighted by atomic mass is 10.0. The summed E-state index contributed by atoms with van der Waals surface area (Å²) in [5.74, 6) is 0.236. The molecule has 1 aliphatic heterocycles. The van der Waals surface area contributed by atoms with Crippen LogP contribution in [0.5, 0.6) is 0 Å². The van der Waals surface area contributed by atoms with Crippen LogP contribution in [0.15, 0.2) is 29.9 Å². The first-order valence-electron chi connectivity index (χ1n) is 6.49. The first-order chi connectivity index (χ1) is 9.33. The molecule has 2 aromatic heterocycles. The van der Waals surface area contributed by atoms with Crippen LogP contribution in [-0.4, -0.2) is 38.9 Å². The molecule has 0 aliphatic carbocycles. The van der Waals surface area contributed by atoms with Crippen molar-refractivity contribution < 1.29 is 4.79 Å². The fraction of sp³-hybridized carbons (Fsp3) is 0.462. The normalized spacial score (nSPS) is 16.7. The molecule has 0 bridgehead atoms. The molecule has 0 unspecified atom stereocenters. The highest BCUT2D eigenvalue weighted by atomic mass is 32.1. The van der Waals surface area contributed by atoms with Crippen molar-refractivity contribution in [2.75, 3.05) is 13.1 Å². The number of carbonyl (C=O) groups is 1. The van der Waals surface area contributed by atoms with Crippen molar-refractivity contribution in [3.8, 4) is 0 Å². The average molecular weight is 276 g/mol. The molecule has 1 fully saturated rings. The van der Waals surface area contributed by atoms with Gasteiger partial charge in [0.25, 0.3) is 0 Å². The number of carbonyl (C=O) groups excluding carboxylic acids is 1. The molecule has 0 spiro atoms. The van der Waals surface area contributed by atoms with Crippen LogP contribution >= 0.6 is 11.3 Å². The van der Waals surface area contributed by atoms with Crippen LogP contribution in [0.4, 0.5) is 0 Å². The second kappa shape index (κ2) is 5.52. The van der Waals surface area contributed by atoms with Crippen molar-refractivity contribution in [1.82, 2.24) is 19.9 Å². The monoisotopic (exact) mass is 276 g/mol. The number of hydrogen-bond acceptors (Lipinski definition) is 4. The van der Waals surface area contributed by atoms with Crippen LogP contribution in [0.2, 0.25) is 0 Å². The van der Waals surface area contributed by atoms with E-state index in [0.717, 1.165) is 30.8 Å². The van der Waals surface area contributed by atoms with Gasteiger partial charge in [-0.2, -0.15) is 0 Å². The van der Waals surface area contributed by atoms with E-state index in [9.17, 15) is 4.79 Å². The topological polar surface area (TPSA) is 51.0 Å². The summed E-state index contributed by atoms with van der Waals surface area (Å²) in [5.41, 5.74) is 0. The van der Waals surface area contributed by atoms with Crippen LogP contribution in [0.3, 0.4) is 0 Å². The Hall–Kier alpha value is -1.69. The lowest BCUT2D eigenvalue weighted by molar-refractivity contribution is -0.131.